The van der Waals surface area contributed by atoms with E-state index in [4.69, 9.17) is 0 Å². The first kappa shape index (κ1) is 15.0. The van der Waals surface area contributed by atoms with E-state index in [0.29, 0.717) is 16.7 Å². The molecule has 24 heavy (non-hydrogen) atoms. The molecule has 0 aliphatic carbocycles. The second kappa shape index (κ2) is 5.54. The molecule has 5 nitrogen and oxygen atoms in total. The minimum absolute atomic E-state index is 0.171. The number of aromatic nitrogens is 2. The van der Waals surface area contributed by atoms with Gasteiger partial charge in [0.2, 0.25) is 0 Å². The number of hydrogen-bond donors (Lipinski definition) is 0. The van der Waals surface area contributed by atoms with Gasteiger partial charge in [-0.3, -0.25) is 4.31 Å². The van der Waals surface area contributed by atoms with Gasteiger partial charge >= 0.3 is 0 Å². The molecule has 0 unspecified atom stereocenters. The molecule has 0 saturated heterocycles. The molecule has 0 amide bonds. The second-order valence-corrected chi connectivity index (χ2v) is 7.86. The van der Waals surface area contributed by atoms with E-state index in [0.717, 1.165) is 22.5 Å². The molecule has 0 saturated carbocycles. The first-order valence-corrected chi connectivity index (χ1v) is 9.43. The number of rotatable bonds is 3. The molecule has 0 N–H and O–H groups in total. The predicted molar refractivity (Wildman–Crippen MR) is 97.0 cm³/mol. The highest BCUT2D eigenvalue weighted by Crippen LogP contribution is 2.29. The first-order chi connectivity index (χ1) is 11.6. The molecule has 1 aromatic heterocycles. The average molecular weight is 355 g/mol. The van der Waals surface area contributed by atoms with Crippen LogP contribution < -0.4 is 4.31 Å². The molecule has 0 radical (unpaired) electrons. The van der Waals surface area contributed by atoms with Crippen LogP contribution in [0.25, 0.3) is 21.8 Å². The summed E-state index contributed by atoms with van der Waals surface area (Å²) in [4.78, 5) is 0.171. The monoisotopic (exact) mass is 355 g/mol. The van der Waals surface area contributed by atoms with Crippen molar-refractivity contribution in [2.45, 2.75) is 4.90 Å². The maximum absolute atomic E-state index is 13.0. The molecular formula is C17H13N3O2S2. The summed E-state index contributed by atoms with van der Waals surface area (Å²) in [5, 5.41) is 2.06. The lowest BCUT2D eigenvalue weighted by atomic mass is 10.1. The smallest absolute Gasteiger partial charge is 0.266 e. The van der Waals surface area contributed by atoms with Crippen LogP contribution in [0.1, 0.15) is 0 Å². The first-order valence-electron chi connectivity index (χ1n) is 7.26. The van der Waals surface area contributed by atoms with Gasteiger partial charge in [-0.2, -0.15) is 8.75 Å². The van der Waals surface area contributed by atoms with Crippen molar-refractivity contribution in [2.75, 3.05) is 11.4 Å². The normalized spacial score (nSPS) is 11.9. The summed E-state index contributed by atoms with van der Waals surface area (Å²) in [6, 6.07) is 18.4. The van der Waals surface area contributed by atoms with Gasteiger partial charge in [-0.1, -0.05) is 36.4 Å². The molecule has 4 rings (SSSR count). The Morgan fingerprint density at radius 2 is 1.71 bits per heavy atom. The molecule has 0 atom stereocenters. The third-order valence-corrected chi connectivity index (χ3v) is 6.34. The lowest BCUT2D eigenvalue weighted by molar-refractivity contribution is 0.595. The predicted octanol–water partition coefficient (Wildman–Crippen LogP) is 3.67. The lowest BCUT2D eigenvalue weighted by Gasteiger charge is -2.20. The minimum Gasteiger partial charge on any atom is -0.269 e. The number of fused-ring (bicyclic) bond motifs is 2. The quantitative estimate of drug-likeness (QED) is 0.562. The summed E-state index contributed by atoms with van der Waals surface area (Å²) in [5.74, 6) is 0. The van der Waals surface area contributed by atoms with Gasteiger partial charge in [0.25, 0.3) is 10.0 Å². The van der Waals surface area contributed by atoms with Crippen molar-refractivity contribution in [1.29, 1.82) is 0 Å². The molecule has 0 aliphatic heterocycles. The summed E-state index contributed by atoms with van der Waals surface area (Å²) in [6.45, 7) is 0. The van der Waals surface area contributed by atoms with Crippen LogP contribution in [0, 0.1) is 0 Å². The van der Waals surface area contributed by atoms with Crippen molar-refractivity contribution in [1.82, 2.24) is 8.75 Å². The van der Waals surface area contributed by atoms with E-state index in [2.05, 4.69) is 8.75 Å². The number of benzene rings is 3. The average Bonchev–Trinajstić information content (AvgIpc) is 3.09. The molecule has 7 heteroatoms. The Labute approximate surface area is 143 Å². The zero-order valence-corrected chi connectivity index (χ0v) is 14.4. The van der Waals surface area contributed by atoms with E-state index < -0.39 is 10.0 Å². The number of anilines is 1. The molecule has 0 aliphatic rings. The Morgan fingerprint density at radius 1 is 0.917 bits per heavy atom. The molecular weight excluding hydrogens is 342 g/mol. The number of sulfonamides is 1. The summed E-state index contributed by atoms with van der Waals surface area (Å²) in [6.07, 6.45) is 0. The zero-order chi connectivity index (χ0) is 16.7. The van der Waals surface area contributed by atoms with Crippen LogP contribution >= 0.6 is 11.7 Å². The van der Waals surface area contributed by atoms with E-state index in [1.807, 2.05) is 36.4 Å². The van der Waals surface area contributed by atoms with Gasteiger partial charge in [-0.15, -0.1) is 0 Å². The maximum atomic E-state index is 13.0. The Morgan fingerprint density at radius 3 is 2.54 bits per heavy atom. The molecule has 4 aromatic rings. The van der Waals surface area contributed by atoms with Crippen LogP contribution in [0.2, 0.25) is 0 Å². The van der Waals surface area contributed by atoms with Crippen LogP contribution in [0.5, 0.6) is 0 Å². The van der Waals surface area contributed by atoms with Gasteiger partial charge in [-0.05, 0) is 35.0 Å². The highest BCUT2D eigenvalue weighted by Gasteiger charge is 2.25. The van der Waals surface area contributed by atoms with Crippen LogP contribution in [-0.2, 0) is 10.0 Å². The summed E-state index contributed by atoms with van der Waals surface area (Å²) < 4.78 is 35.6. The molecule has 0 fully saturated rings. The minimum atomic E-state index is -3.72. The van der Waals surface area contributed by atoms with Gasteiger partial charge in [-0.25, -0.2) is 8.42 Å². The van der Waals surface area contributed by atoms with E-state index in [1.165, 1.54) is 4.31 Å². The summed E-state index contributed by atoms with van der Waals surface area (Å²) in [5.41, 5.74) is 1.61. The Balaban J connectivity index is 1.84. The maximum Gasteiger partial charge on any atom is 0.266 e. The molecule has 3 aromatic carbocycles. The van der Waals surface area contributed by atoms with E-state index in [9.17, 15) is 8.42 Å². The fraction of sp³-hybridized carbons (Fsp3) is 0.0588. The lowest BCUT2D eigenvalue weighted by Crippen LogP contribution is -2.26. The number of hydrogen-bond acceptors (Lipinski definition) is 5. The highest BCUT2D eigenvalue weighted by atomic mass is 32.2. The fourth-order valence-electron chi connectivity index (χ4n) is 2.65. The van der Waals surface area contributed by atoms with Crippen molar-refractivity contribution in [3.8, 4) is 0 Å². The zero-order valence-electron chi connectivity index (χ0n) is 12.7. The fourth-order valence-corrected chi connectivity index (χ4v) is 4.59. The molecule has 120 valence electrons. The summed E-state index contributed by atoms with van der Waals surface area (Å²) >= 11 is 1.01. The van der Waals surface area contributed by atoms with E-state index >= 15 is 0 Å². The van der Waals surface area contributed by atoms with Gasteiger partial charge in [0.05, 0.1) is 17.4 Å². The van der Waals surface area contributed by atoms with Gasteiger partial charge in [0.15, 0.2) is 0 Å². The SMILES string of the molecule is CN(c1ccc2ccccc2c1)S(=O)(=O)c1cccc2nsnc12. The Hall–Kier alpha value is -2.51. The highest BCUT2D eigenvalue weighted by molar-refractivity contribution is 7.93. The van der Waals surface area contributed by atoms with Gasteiger partial charge in [0.1, 0.15) is 15.9 Å². The van der Waals surface area contributed by atoms with Crippen molar-refractivity contribution >= 4 is 49.2 Å². The van der Waals surface area contributed by atoms with Crippen LogP contribution in [0.4, 0.5) is 5.69 Å². The summed E-state index contributed by atoms with van der Waals surface area (Å²) in [7, 11) is -2.17. The van der Waals surface area contributed by atoms with Gasteiger partial charge < -0.3 is 0 Å². The van der Waals surface area contributed by atoms with E-state index in [1.54, 1.807) is 31.3 Å². The third kappa shape index (κ3) is 2.33. The van der Waals surface area contributed by atoms with Crippen molar-refractivity contribution in [3.63, 3.8) is 0 Å². The molecule has 0 bridgehead atoms. The van der Waals surface area contributed by atoms with Crippen molar-refractivity contribution in [2.24, 2.45) is 0 Å². The van der Waals surface area contributed by atoms with E-state index in [-0.39, 0.29) is 4.90 Å². The topological polar surface area (TPSA) is 63.2 Å². The number of nitrogens with zero attached hydrogens (tertiary/aromatic N) is 3. The van der Waals surface area contributed by atoms with Crippen LogP contribution in [0.15, 0.2) is 65.6 Å². The molecule has 1 heterocycles. The standard InChI is InChI=1S/C17H13N3O2S2/c1-20(14-10-9-12-5-2-3-6-13(12)11-14)24(21,22)16-8-4-7-15-17(16)19-23-18-15/h2-11H,1H3. The second-order valence-electron chi connectivity index (χ2n) is 5.39. The Bertz CT molecular complexity index is 1150. The van der Waals surface area contributed by atoms with Crippen molar-refractivity contribution < 1.29 is 8.42 Å². The van der Waals surface area contributed by atoms with Crippen molar-refractivity contribution in [3.05, 3.63) is 60.7 Å². The third-order valence-electron chi connectivity index (χ3n) is 3.98. The van der Waals surface area contributed by atoms with Crippen LogP contribution in [-0.4, -0.2) is 24.2 Å². The molecule has 0 spiro atoms. The Kier molecular flexibility index (Phi) is 3.47. The largest absolute Gasteiger partial charge is 0.269 e. The van der Waals surface area contributed by atoms with Gasteiger partial charge in [0, 0.05) is 7.05 Å². The van der Waals surface area contributed by atoms with Crippen LogP contribution in [0.3, 0.4) is 0 Å².